The van der Waals surface area contributed by atoms with Crippen molar-refractivity contribution in [3.63, 3.8) is 0 Å². The van der Waals surface area contributed by atoms with E-state index in [2.05, 4.69) is 0 Å². The zero-order chi connectivity index (χ0) is 15.3. The number of ether oxygens (including phenoxy) is 1. The van der Waals surface area contributed by atoms with Crippen LogP contribution in [0, 0.1) is 16.0 Å². The summed E-state index contributed by atoms with van der Waals surface area (Å²) in [7, 11) is 1.47. The molecule has 1 aromatic carbocycles. The summed E-state index contributed by atoms with van der Waals surface area (Å²) in [4.78, 5) is 23.2. The Morgan fingerprint density at radius 3 is 2.65 bits per heavy atom. The summed E-state index contributed by atoms with van der Waals surface area (Å²) in [6.07, 6.45) is 0. The molecule has 0 heterocycles. The molecule has 0 bridgehead atoms. The van der Waals surface area contributed by atoms with Crippen molar-refractivity contribution < 1.29 is 19.6 Å². The molecule has 0 aliphatic carbocycles. The van der Waals surface area contributed by atoms with Crippen LogP contribution in [0.25, 0.3) is 0 Å². The van der Waals surface area contributed by atoms with E-state index in [1.54, 1.807) is 17.9 Å². The Bertz CT molecular complexity index is 504. The van der Waals surface area contributed by atoms with Crippen LogP contribution in [-0.4, -0.2) is 36.2 Å². The van der Waals surface area contributed by atoms with E-state index in [4.69, 9.17) is 9.84 Å². The number of carbonyl (C=O) groups is 1. The van der Waals surface area contributed by atoms with Gasteiger partial charge in [-0.2, -0.15) is 0 Å². The lowest BCUT2D eigenvalue weighted by molar-refractivity contribution is -0.384. The first-order valence-corrected chi connectivity index (χ1v) is 6.20. The summed E-state index contributed by atoms with van der Waals surface area (Å²) in [5.74, 6) is -1.07. The smallest absolute Gasteiger partial charge is 0.308 e. The van der Waals surface area contributed by atoms with Crippen LogP contribution >= 0.6 is 0 Å². The molecule has 0 radical (unpaired) electrons. The van der Waals surface area contributed by atoms with E-state index >= 15 is 0 Å². The fourth-order valence-corrected chi connectivity index (χ4v) is 1.84. The van der Waals surface area contributed by atoms with Gasteiger partial charge >= 0.3 is 5.97 Å². The zero-order valence-electron chi connectivity index (χ0n) is 11.7. The maximum absolute atomic E-state index is 11.1. The molecular formula is C13H18N2O5. The number of methoxy groups -OCH3 is 1. The summed E-state index contributed by atoms with van der Waals surface area (Å²) < 4.78 is 5.07. The third-order valence-corrected chi connectivity index (χ3v) is 3.02. The molecule has 1 rings (SSSR count). The Morgan fingerprint density at radius 2 is 2.20 bits per heavy atom. The van der Waals surface area contributed by atoms with E-state index in [1.807, 2.05) is 6.92 Å². The first kappa shape index (κ1) is 15.7. The molecule has 7 nitrogen and oxygen atoms in total. The van der Waals surface area contributed by atoms with Crippen molar-refractivity contribution in [2.45, 2.75) is 13.8 Å². The molecule has 0 aliphatic rings. The van der Waals surface area contributed by atoms with Gasteiger partial charge in [-0.1, -0.05) is 6.92 Å². The van der Waals surface area contributed by atoms with Crippen molar-refractivity contribution in [2.75, 3.05) is 25.1 Å². The van der Waals surface area contributed by atoms with E-state index in [-0.39, 0.29) is 12.2 Å². The summed E-state index contributed by atoms with van der Waals surface area (Å²) in [5, 5.41) is 20.1. The highest BCUT2D eigenvalue weighted by atomic mass is 16.6. The molecule has 0 aliphatic heterocycles. The van der Waals surface area contributed by atoms with Crippen LogP contribution in [0.3, 0.4) is 0 Å². The fraction of sp³-hybridized carbons (Fsp3) is 0.462. The van der Waals surface area contributed by atoms with Gasteiger partial charge in [0, 0.05) is 25.2 Å². The predicted octanol–water partition coefficient (Wildman–Crippen LogP) is 2.15. The van der Waals surface area contributed by atoms with Crippen molar-refractivity contribution in [3.05, 3.63) is 28.3 Å². The van der Waals surface area contributed by atoms with Gasteiger partial charge in [0.15, 0.2) is 0 Å². The van der Waals surface area contributed by atoms with Crippen LogP contribution in [0.2, 0.25) is 0 Å². The van der Waals surface area contributed by atoms with Gasteiger partial charge in [-0.25, -0.2) is 0 Å². The molecule has 0 saturated carbocycles. The highest BCUT2D eigenvalue weighted by molar-refractivity contribution is 5.72. The topological polar surface area (TPSA) is 92.9 Å². The van der Waals surface area contributed by atoms with Gasteiger partial charge in [0.2, 0.25) is 0 Å². The lowest BCUT2D eigenvalue weighted by Crippen LogP contribution is -2.32. The van der Waals surface area contributed by atoms with E-state index < -0.39 is 16.8 Å². The number of anilines is 1. The Labute approximate surface area is 116 Å². The number of nitro groups is 1. The van der Waals surface area contributed by atoms with E-state index in [9.17, 15) is 14.9 Å². The van der Waals surface area contributed by atoms with E-state index in [1.165, 1.54) is 19.2 Å². The average Bonchev–Trinajstić information content (AvgIpc) is 2.43. The summed E-state index contributed by atoms with van der Waals surface area (Å²) in [6.45, 7) is 4.04. The SMILES string of the molecule is CCN(CC(C)C(=O)O)c1cc(OC)ccc1[N+](=O)[O-]. The number of carboxylic acid groups (broad SMARTS) is 1. The van der Waals surface area contributed by atoms with Crippen molar-refractivity contribution >= 4 is 17.3 Å². The molecule has 7 heteroatoms. The number of nitro benzene ring substituents is 1. The normalized spacial score (nSPS) is 11.8. The highest BCUT2D eigenvalue weighted by Gasteiger charge is 2.23. The van der Waals surface area contributed by atoms with Gasteiger partial charge in [-0.05, 0) is 13.0 Å². The Hall–Kier alpha value is -2.31. The number of benzene rings is 1. The van der Waals surface area contributed by atoms with Gasteiger partial charge in [0.25, 0.3) is 5.69 Å². The Morgan fingerprint density at radius 1 is 1.55 bits per heavy atom. The largest absolute Gasteiger partial charge is 0.497 e. The minimum absolute atomic E-state index is 0.0646. The average molecular weight is 282 g/mol. The lowest BCUT2D eigenvalue weighted by atomic mass is 10.1. The maximum Gasteiger partial charge on any atom is 0.308 e. The standard InChI is InChI=1S/C13H18N2O5/c1-4-14(8-9(2)13(16)17)12-7-10(20-3)5-6-11(12)15(18)19/h5-7,9H,4,8H2,1-3H3,(H,16,17). The molecule has 20 heavy (non-hydrogen) atoms. The number of hydrogen-bond donors (Lipinski definition) is 1. The van der Waals surface area contributed by atoms with Gasteiger partial charge in [-0.15, -0.1) is 0 Å². The lowest BCUT2D eigenvalue weighted by Gasteiger charge is -2.25. The third-order valence-electron chi connectivity index (χ3n) is 3.02. The van der Waals surface area contributed by atoms with E-state index in [0.717, 1.165) is 0 Å². The minimum atomic E-state index is -0.936. The molecule has 1 aromatic rings. The van der Waals surface area contributed by atoms with Crippen LogP contribution in [0.15, 0.2) is 18.2 Å². The van der Waals surface area contributed by atoms with Crippen LogP contribution in [0.4, 0.5) is 11.4 Å². The summed E-state index contributed by atoms with van der Waals surface area (Å²) >= 11 is 0. The molecular weight excluding hydrogens is 264 g/mol. The van der Waals surface area contributed by atoms with Crippen molar-refractivity contribution in [3.8, 4) is 5.75 Å². The Kier molecular flexibility index (Phi) is 5.31. The number of rotatable bonds is 7. The summed E-state index contributed by atoms with van der Waals surface area (Å²) in [6, 6.07) is 4.43. The second kappa shape index (κ2) is 6.74. The fourth-order valence-electron chi connectivity index (χ4n) is 1.84. The molecule has 0 fully saturated rings. The molecule has 0 amide bonds. The van der Waals surface area contributed by atoms with Crippen molar-refractivity contribution in [2.24, 2.45) is 5.92 Å². The van der Waals surface area contributed by atoms with Gasteiger partial charge < -0.3 is 14.7 Å². The zero-order valence-corrected chi connectivity index (χ0v) is 11.7. The molecule has 0 spiro atoms. The number of nitrogens with zero attached hydrogens (tertiary/aromatic N) is 2. The quantitative estimate of drug-likeness (QED) is 0.608. The van der Waals surface area contributed by atoms with Crippen molar-refractivity contribution in [1.29, 1.82) is 0 Å². The van der Waals surface area contributed by atoms with Gasteiger partial charge in [0.1, 0.15) is 11.4 Å². The first-order valence-electron chi connectivity index (χ1n) is 6.20. The molecule has 110 valence electrons. The highest BCUT2D eigenvalue weighted by Crippen LogP contribution is 2.32. The van der Waals surface area contributed by atoms with Crippen molar-refractivity contribution in [1.82, 2.24) is 0 Å². The van der Waals surface area contributed by atoms with E-state index in [0.29, 0.717) is 18.0 Å². The summed E-state index contributed by atoms with van der Waals surface area (Å²) in [5.41, 5.74) is 0.301. The monoisotopic (exact) mass is 282 g/mol. The van der Waals surface area contributed by atoms with Crippen LogP contribution in [-0.2, 0) is 4.79 Å². The predicted molar refractivity (Wildman–Crippen MR) is 74.3 cm³/mol. The third kappa shape index (κ3) is 3.59. The van der Waals surface area contributed by atoms with Crippen LogP contribution in [0.5, 0.6) is 5.75 Å². The molecule has 1 N–H and O–H groups in total. The molecule has 1 atom stereocenters. The molecule has 1 unspecified atom stereocenters. The Balaban J connectivity index is 3.17. The number of aliphatic carboxylic acids is 1. The van der Waals surface area contributed by atoms with Crippen LogP contribution < -0.4 is 9.64 Å². The molecule has 0 saturated heterocycles. The maximum atomic E-state index is 11.1. The second-order valence-electron chi connectivity index (χ2n) is 4.39. The number of carboxylic acids is 1. The number of hydrogen-bond acceptors (Lipinski definition) is 5. The second-order valence-corrected chi connectivity index (χ2v) is 4.39. The minimum Gasteiger partial charge on any atom is -0.497 e. The van der Waals surface area contributed by atoms with Crippen LogP contribution in [0.1, 0.15) is 13.8 Å². The first-order chi connectivity index (χ1) is 9.40. The van der Waals surface area contributed by atoms with Gasteiger partial charge in [-0.3, -0.25) is 14.9 Å². The molecule has 0 aromatic heterocycles. The van der Waals surface area contributed by atoms with Gasteiger partial charge in [0.05, 0.1) is 18.0 Å².